The number of amides is 1. The largest absolute Gasteiger partial charge is 0.491 e. The second-order valence-corrected chi connectivity index (χ2v) is 8.85. The second-order valence-electron chi connectivity index (χ2n) is 8.85. The van der Waals surface area contributed by atoms with Gasteiger partial charge in [0.15, 0.2) is 0 Å². The minimum atomic E-state index is -5.23. The molecule has 0 bridgehead atoms. The molecule has 1 aliphatic heterocycles. The SMILES string of the molecule is O=C(OC(=O)C(F)(F)F)N1Cc2ccccc2C1c1cccc(C2CC2NCC2CC2)c1. The highest BCUT2D eigenvalue weighted by atomic mass is 19.4. The predicted octanol–water partition coefficient (Wildman–Crippen LogP) is 4.67. The molecule has 2 aromatic carbocycles. The van der Waals surface area contributed by atoms with E-state index >= 15 is 0 Å². The molecule has 5 nitrogen and oxygen atoms in total. The Morgan fingerprint density at radius 3 is 2.56 bits per heavy atom. The first-order valence-corrected chi connectivity index (χ1v) is 10.8. The van der Waals surface area contributed by atoms with Crippen molar-refractivity contribution in [2.24, 2.45) is 5.92 Å². The van der Waals surface area contributed by atoms with Crippen molar-refractivity contribution in [1.82, 2.24) is 10.2 Å². The van der Waals surface area contributed by atoms with E-state index in [0.29, 0.717) is 12.0 Å². The summed E-state index contributed by atoms with van der Waals surface area (Å²) in [7, 11) is 0. The summed E-state index contributed by atoms with van der Waals surface area (Å²) in [5, 5.41) is 3.61. The third kappa shape index (κ3) is 4.24. The van der Waals surface area contributed by atoms with Gasteiger partial charge in [0.1, 0.15) is 0 Å². The van der Waals surface area contributed by atoms with Crippen molar-refractivity contribution < 1.29 is 27.5 Å². The van der Waals surface area contributed by atoms with E-state index in [1.165, 1.54) is 17.7 Å². The number of esters is 1. The number of hydrogen-bond acceptors (Lipinski definition) is 4. The number of carbonyl (C=O) groups is 2. The van der Waals surface area contributed by atoms with Gasteiger partial charge in [-0.1, -0.05) is 48.5 Å². The van der Waals surface area contributed by atoms with Crippen LogP contribution in [0.3, 0.4) is 0 Å². The molecular formula is C24H23F3N2O3. The highest BCUT2D eigenvalue weighted by molar-refractivity contribution is 5.88. The number of fused-ring (bicyclic) bond motifs is 1. The van der Waals surface area contributed by atoms with E-state index < -0.39 is 24.3 Å². The van der Waals surface area contributed by atoms with Crippen LogP contribution in [0.5, 0.6) is 0 Å². The molecule has 1 N–H and O–H groups in total. The van der Waals surface area contributed by atoms with E-state index in [-0.39, 0.29) is 6.54 Å². The number of nitrogens with zero attached hydrogens (tertiary/aromatic N) is 1. The predicted molar refractivity (Wildman–Crippen MR) is 110 cm³/mol. The Kier molecular flexibility index (Phi) is 5.20. The van der Waals surface area contributed by atoms with Gasteiger partial charge in [0.05, 0.1) is 12.6 Å². The van der Waals surface area contributed by atoms with Crippen LogP contribution in [0.1, 0.15) is 53.5 Å². The minimum absolute atomic E-state index is 0.0734. The molecule has 0 aromatic heterocycles. The van der Waals surface area contributed by atoms with Gasteiger partial charge in [-0.25, -0.2) is 9.59 Å². The molecule has 1 heterocycles. The zero-order chi connectivity index (χ0) is 22.5. The molecule has 2 aliphatic carbocycles. The van der Waals surface area contributed by atoms with Gasteiger partial charge in [-0.3, -0.25) is 4.90 Å². The van der Waals surface area contributed by atoms with Crippen LogP contribution in [0.15, 0.2) is 48.5 Å². The van der Waals surface area contributed by atoms with Crippen LogP contribution in [0.2, 0.25) is 0 Å². The Morgan fingerprint density at radius 1 is 1.06 bits per heavy atom. The molecular weight excluding hydrogens is 421 g/mol. The van der Waals surface area contributed by atoms with E-state index in [0.717, 1.165) is 41.1 Å². The smallest absolute Gasteiger partial charge is 0.369 e. The normalized spacial score (nSPS) is 24.2. The van der Waals surface area contributed by atoms with Gasteiger partial charge in [-0.15, -0.1) is 0 Å². The van der Waals surface area contributed by atoms with E-state index in [2.05, 4.69) is 10.1 Å². The molecule has 0 saturated heterocycles. The van der Waals surface area contributed by atoms with Crippen molar-refractivity contribution in [1.29, 1.82) is 0 Å². The summed E-state index contributed by atoms with van der Waals surface area (Å²) in [5.41, 5.74) is 3.56. The second kappa shape index (κ2) is 7.92. The first-order valence-electron chi connectivity index (χ1n) is 10.8. The summed E-state index contributed by atoms with van der Waals surface area (Å²) >= 11 is 0. The molecule has 0 radical (unpaired) electrons. The Morgan fingerprint density at radius 2 is 1.81 bits per heavy atom. The first-order chi connectivity index (χ1) is 15.3. The highest BCUT2D eigenvalue weighted by Crippen LogP contribution is 2.44. The van der Waals surface area contributed by atoms with Gasteiger partial charge < -0.3 is 10.1 Å². The monoisotopic (exact) mass is 444 g/mol. The van der Waals surface area contributed by atoms with Crippen molar-refractivity contribution in [2.75, 3.05) is 6.54 Å². The number of carbonyl (C=O) groups excluding carboxylic acids is 2. The number of halogens is 3. The highest BCUT2D eigenvalue weighted by Gasteiger charge is 2.45. The fraction of sp³-hybridized carbons (Fsp3) is 0.417. The van der Waals surface area contributed by atoms with Crippen molar-refractivity contribution >= 4 is 12.1 Å². The van der Waals surface area contributed by atoms with Crippen LogP contribution < -0.4 is 5.32 Å². The number of nitrogens with one attached hydrogen (secondary N) is 1. The zero-order valence-electron chi connectivity index (χ0n) is 17.3. The van der Waals surface area contributed by atoms with Gasteiger partial charge in [0.2, 0.25) is 0 Å². The molecule has 2 fully saturated rings. The summed E-state index contributed by atoms with van der Waals surface area (Å²) in [6.45, 7) is 1.12. The van der Waals surface area contributed by atoms with Gasteiger partial charge in [-0.05, 0) is 54.0 Å². The van der Waals surface area contributed by atoms with E-state index in [9.17, 15) is 22.8 Å². The molecule has 1 amide bonds. The molecule has 3 aliphatic rings. The topological polar surface area (TPSA) is 58.6 Å². The zero-order valence-corrected chi connectivity index (χ0v) is 17.3. The van der Waals surface area contributed by atoms with E-state index in [1.54, 1.807) is 0 Å². The van der Waals surface area contributed by atoms with E-state index in [1.807, 2.05) is 48.5 Å². The molecule has 8 heteroatoms. The Balaban J connectivity index is 1.38. The summed E-state index contributed by atoms with van der Waals surface area (Å²) in [5.74, 6) is -1.32. The van der Waals surface area contributed by atoms with Gasteiger partial charge in [-0.2, -0.15) is 13.2 Å². The van der Waals surface area contributed by atoms with Crippen LogP contribution in [0.4, 0.5) is 18.0 Å². The van der Waals surface area contributed by atoms with Crippen molar-refractivity contribution in [3.63, 3.8) is 0 Å². The van der Waals surface area contributed by atoms with Crippen LogP contribution in [0.25, 0.3) is 0 Å². The number of hydrogen-bond donors (Lipinski definition) is 1. The molecule has 5 rings (SSSR count). The summed E-state index contributed by atoms with van der Waals surface area (Å²) < 4.78 is 42.1. The van der Waals surface area contributed by atoms with E-state index in [4.69, 9.17) is 0 Å². The molecule has 2 aromatic rings. The van der Waals surface area contributed by atoms with Crippen molar-refractivity contribution in [3.05, 3.63) is 70.8 Å². The minimum Gasteiger partial charge on any atom is -0.369 e. The molecule has 3 unspecified atom stereocenters. The molecule has 2 saturated carbocycles. The number of alkyl halides is 3. The van der Waals surface area contributed by atoms with Crippen LogP contribution in [0, 0.1) is 5.92 Å². The number of ether oxygens (including phenoxy) is 1. The van der Waals surface area contributed by atoms with Gasteiger partial charge in [0, 0.05) is 12.0 Å². The standard InChI is InChI=1S/C24H23F3N2O3/c25-24(26,27)22(30)32-23(31)29-13-17-4-1-2-7-18(17)21(29)16-6-3-5-15(10-16)19-11-20(19)28-12-14-8-9-14/h1-7,10,14,19-21,28H,8-9,11-13H2. The Hall–Kier alpha value is -2.87. The third-order valence-corrected chi connectivity index (χ3v) is 6.46. The Labute approximate surface area is 183 Å². The van der Waals surface area contributed by atoms with Crippen molar-refractivity contribution in [2.45, 2.75) is 50.0 Å². The Bertz CT molecular complexity index is 1050. The molecule has 3 atom stereocenters. The maximum Gasteiger partial charge on any atom is 0.491 e. The maximum absolute atomic E-state index is 12.6. The first kappa shape index (κ1) is 21.0. The molecule has 32 heavy (non-hydrogen) atoms. The lowest BCUT2D eigenvalue weighted by Crippen LogP contribution is -2.36. The lowest BCUT2D eigenvalue weighted by molar-refractivity contribution is -0.193. The van der Waals surface area contributed by atoms with Crippen LogP contribution in [-0.4, -0.2) is 35.7 Å². The number of rotatable bonds is 5. The average molecular weight is 444 g/mol. The molecule has 0 spiro atoms. The van der Waals surface area contributed by atoms with Crippen molar-refractivity contribution in [3.8, 4) is 0 Å². The quantitative estimate of drug-likeness (QED) is 0.538. The lowest BCUT2D eigenvalue weighted by Gasteiger charge is -2.25. The maximum atomic E-state index is 12.6. The fourth-order valence-corrected chi connectivity index (χ4v) is 4.50. The average Bonchev–Trinajstić information content (AvgIpc) is 3.68. The van der Waals surface area contributed by atoms with Crippen LogP contribution >= 0.6 is 0 Å². The summed E-state index contributed by atoms with van der Waals surface area (Å²) in [4.78, 5) is 25.0. The summed E-state index contributed by atoms with van der Waals surface area (Å²) in [6.07, 6.45) is -2.89. The van der Waals surface area contributed by atoms with Gasteiger partial charge >= 0.3 is 18.2 Å². The molecule has 168 valence electrons. The third-order valence-electron chi connectivity index (χ3n) is 6.46. The lowest BCUT2D eigenvalue weighted by atomic mass is 9.95. The van der Waals surface area contributed by atoms with Crippen LogP contribution in [-0.2, 0) is 16.1 Å². The van der Waals surface area contributed by atoms with Gasteiger partial charge in [0.25, 0.3) is 0 Å². The number of benzene rings is 2. The fourth-order valence-electron chi connectivity index (χ4n) is 4.50. The summed E-state index contributed by atoms with van der Waals surface area (Å²) in [6, 6.07) is 15.0.